The third-order valence-electron chi connectivity index (χ3n) is 16.4. The number of para-hydroxylation sites is 2. The van der Waals surface area contributed by atoms with Crippen molar-refractivity contribution < 1.29 is 96.5 Å². The number of benzene rings is 2. The lowest BCUT2D eigenvalue weighted by Gasteiger charge is -2.29. The number of aromatic amines is 1. The topological polar surface area (TPSA) is 542 Å². The number of nitrogens with two attached hydrogens (primary N) is 3. The Bertz CT molecular complexity index is 3500. The van der Waals surface area contributed by atoms with Crippen LogP contribution in [0.5, 0.6) is 0 Å². The van der Waals surface area contributed by atoms with Crippen LogP contribution in [-0.2, 0) is 87.9 Å². The van der Waals surface area contributed by atoms with Gasteiger partial charge in [0, 0.05) is 78.7 Å². The smallest absolute Gasteiger partial charge is 0.310 e. The van der Waals surface area contributed by atoms with E-state index in [9.17, 15) is 91.7 Å². The molecule has 1 saturated heterocycles. The highest BCUT2D eigenvalue weighted by Crippen LogP contribution is 2.26. The zero-order chi connectivity index (χ0) is 74.0. The Morgan fingerprint density at radius 3 is 1.92 bits per heavy atom. The number of aliphatic hydroxyl groups excluding tert-OH is 1. The minimum Gasteiger partial charge on any atom is -0.481 e. The molecule has 0 bridgehead atoms. The van der Waals surface area contributed by atoms with Crippen LogP contribution in [0.4, 0.5) is 5.69 Å². The van der Waals surface area contributed by atoms with Crippen LogP contribution in [0.25, 0.3) is 10.9 Å². The first-order valence-electron chi connectivity index (χ1n) is 32.4. The molecule has 0 saturated carbocycles. The van der Waals surface area contributed by atoms with Gasteiger partial charge >= 0.3 is 11.9 Å². The Hall–Kier alpha value is -10.3. The van der Waals surface area contributed by atoms with Gasteiger partial charge in [-0.1, -0.05) is 58.0 Å². The minimum atomic E-state index is -2.20. The van der Waals surface area contributed by atoms with E-state index in [1.54, 1.807) is 37.4 Å². The number of Topliss-reactive ketones (excluding diaryl/α,β-unsaturated/α-hetero) is 5. The summed E-state index contributed by atoms with van der Waals surface area (Å²) in [7, 11) is 0. The predicted molar refractivity (Wildman–Crippen MR) is 353 cm³/mol. The average molecular weight is 1390 g/mol. The number of H-pyrrole nitrogens is 1. The number of carbonyl (C=O) groups excluding carboxylic acids is 16. The summed E-state index contributed by atoms with van der Waals surface area (Å²) in [6, 6.07) is 1.41. The van der Waals surface area contributed by atoms with Gasteiger partial charge in [-0.05, 0) is 76.3 Å². The molecule has 12 unspecified atom stereocenters. The number of cyclic esters (lactones) is 1. The zero-order valence-electron chi connectivity index (χ0n) is 56.3. The highest BCUT2D eigenvalue weighted by Gasteiger charge is 2.40. The number of ketones is 5. The number of amides is 10. The van der Waals surface area contributed by atoms with E-state index in [0.717, 1.165) is 17.8 Å². The molecule has 3 aromatic rings. The molecular formula is C66H91N13O20. The molecule has 33 heteroatoms. The molecule has 18 N–H and O–H groups in total. The largest absolute Gasteiger partial charge is 0.481 e. The third kappa shape index (κ3) is 25.6. The Morgan fingerprint density at radius 1 is 0.687 bits per heavy atom. The zero-order valence-corrected chi connectivity index (χ0v) is 56.3. The van der Waals surface area contributed by atoms with Gasteiger partial charge in [-0.2, -0.15) is 0 Å². The van der Waals surface area contributed by atoms with Gasteiger partial charge in [0.25, 0.3) is 0 Å². The van der Waals surface area contributed by atoms with E-state index >= 15 is 0 Å². The third-order valence-corrected chi connectivity index (χ3v) is 16.4. The molecule has 99 heavy (non-hydrogen) atoms. The number of rotatable bonds is 24. The van der Waals surface area contributed by atoms with Crippen LogP contribution < -0.4 is 65.1 Å². The van der Waals surface area contributed by atoms with Crippen LogP contribution in [0.3, 0.4) is 0 Å². The van der Waals surface area contributed by atoms with Crippen molar-refractivity contribution in [3.8, 4) is 0 Å². The lowest BCUT2D eigenvalue weighted by molar-refractivity contribution is -0.158. The van der Waals surface area contributed by atoms with E-state index in [1.165, 1.54) is 58.9 Å². The second-order valence-corrected chi connectivity index (χ2v) is 24.8. The van der Waals surface area contributed by atoms with E-state index in [2.05, 4.69) is 52.8 Å². The van der Waals surface area contributed by atoms with Gasteiger partial charge in [-0.15, -0.1) is 0 Å². The van der Waals surface area contributed by atoms with Crippen molar-refractivity contribution >= 4 is 117 Å². The number of carbonyl (C=O) groups is 17. The van der Waals surface area contributed by atoms with Gasteiger partial charge in [0.2, 0.25) is 59.1 Å². The molecule has 12 atom stereocenters. The number of fused-ring (bicyclic) bond motifs is 1. The molecule has 1 aliphatic heterocycles. The average Bonchev–Trinajstić information content (AvgIpc) is 1.74. The predicted octanol–water partition coefficient (Wildman–Crippen LogP) is -2.35. The number of aliphatic carboxylic acids is 1. The van der Waals surface area contributed by atoms with Crippen LogP contribution in [-0.4, -0.2) is 190 Å². The van der Waals surface area contributed by atoms with Gasteiger partial charge in [0.1, 0.15) is 36.1 Å². The summed E-state index contributed by atoms with van der Waals surface area (Å²) in [6.07, 6.45) is -6.02. The number of hydrogen-bond donors (Lipinski definition) is 15. The van der Waals surface area contributed by atoms with Gasteiger partial charge in [-0.3, -0.25) is 81.5 Å². The Labute approximate surface area is 570 Å². The van der Waals surface area contributed by atoms with Gasteiger partial charge in [-0.25, -0.2) is 0 Å². The summed E-state index contributed by atoms with van der Waals surface area (Å²) in [5.74, 6) is -24.5. The number of carboxylic acids is 1. The first-order chi connectivity index (χ1) is 46.7. The Balaban J connectivity index is 1.80. The number of hydrogen-bond acceptors (Lipinski definition) is 21. The molecule has 1 aromatic heterocycles. The fourth-order valence-electron chi connectivity index (χ4n) is 10.7. The number of aliphatic hydroxyl groups is 1. The Kier molecular flexibility index (Phi) is 32.1. The van der Waals surface area contributed by atoms with Crippen LogP contribution in [0.15, 0.2) is 54.7 Å². The molecule has 33 nitrogen and oxygen atoms in total. The van der Waals surface area contributed by atoms with Crippen molar-refractivity contribution in [3.63, 3.8) is 0 Å². The number of carboxylic acid groups (broad SMARTS) is 1. The van der Waals surface area contributed by atoms with Gasteiger partial charge in [0.05, 0.1) is 62.5 Å². The summed E-state index contributed by atoms with van der Waals surface area (Å²) < 4.78 is 5.80. The first kappa shape index (κ1) is 81.1. The van der Waals surface area contributed by atoms with E-state index < -0.39 is 230 Å². The monoisotopic (exact) mass is 1390 g/mol. The lowest BCUT2D eigenvalue weighted by atomic mass is 9.88. The van der Waals surface area contributed by atoms with Crippen molar-refractivity contribution in [2.75, 3.05) is 32.0 Å². The maximum absolute atomic E-state index is 14.7. The molecule has 0 aliphatic carbocycles. The number of primary amides is 1. The maximum atomic E-state index is 14.7. The first-order valence-corrected chi connectivity index (χ1v) is 32.4. The molecule has 2 aromatic carbocycles. The molecule has 540 valence electrons. The molecule has 10 amide bonds. The quantitative estimate of drug-likeness (QED) is 0.0254. The minimum absolute atomic E-state index is 0.0201. The van der Waals surface area contributed by atoms with Crippen LogP contribution in [0, 0.1) is 29.6 Å². The highest BCUT2D eigenvalue weighted by atomic mass is 16.5. The summed E-state index contributed by atoms with van der Waals surface area (Å²) in [5, 5.41) is 42.2. The van der Waals surface area contributed by atoms with E-state index in [-0.39, 0.29) is 55.7 Å². The summed E-state index contributed by atoms with van der Waals surface area (Å²) >= 11 is 0. The van der Waals surface area contributed by atoms with E-state index in [0.29, 0.717) is 5.56 Å². The summed E-state index contributed by atoms with van der Waals surface area (Å²) in [5.41, 5.74) is 18.6. The molecule has 4 rings (SSSR count). The maximum Gasteiger partial charge on any atom is 0.310 e. The van der Waals surface area contributed by atoms with Crippen LogP contribution >= 0.6 is 0 Å². The molecule has 1 aliphatic rings. The fraction of sp³-hybridized carbons (Fsp3) is 0.530. The number of ether oxygens (including phenoxy) is 1. The van der Waals surface area contributed by atoms with Crippen molar-refractivity contribution in [1.29, 1.82) is 0 Å². The second-order valence-electron chi connectivity index (χ2n) is 24.8. The van der Waals surface area contributed by atoms with E-state index in [1.807, 2.05) is 0 Å². The molecular weight excluding hydrogens is 1290 g/mol. The van der Waals surface area contributed by atoms with Crippen molar-refractivity contribution in [3.05, 3.63) is 65.9 Å². The number of nitrogen functional groups attached to an aromatic ring is 1. The van der Waals surface area contributed by atoms with Crippen LogP contribution in [0.2, 0.25) is 0 Å². The normalized spacial score (nSPS) is 22.8. The SMILES string of the molecule is CCC(=O)CC(Cc1c[nH]c2ccccc12)C(=O)NC(CC(N)=O)C(=O)CC(CC(=O)O)C(=O)NC1C(=O)NCC(=O)NC(CCCN)C(=O)CC(C)C(=O)NC(C)C(=O)NC(C)C(=O)NCC(=O)NC(CO)C(=O)NC(C(C)C)C(=O)CC(CC(=O)c2ccccc2N)C(=O)OC1C. The number of nitrogens with one attached hydrogen (secondary N) is 10. The van der Waals surface area contributed by atoms with Crippen molar-refractivity contribution in [2.45, 2.75) is 167 Å². The number of aromatic nitrogens is 1. The second kappa shape index (κ2) is 39.2. The standard InChI is InChI=1S/C66H91N13O20/c1-8-41(81)22-37(21-40-28-70-45-17-12-10-14-42(40)45)62(94)77-47(27-53(69)86)51(84)23-38(26-56(89)90)63(95)79-58-36(7)99-66(98)39(24-49(82)43-15-9-11-16-44(43)68)25-52(85)57(32(2)3)78-64(96)48(31-80)76-55(88)29-71-60(92)34(5)74-61(93)35(6)73-59(91)33(4)20-50(83)46(18-13-19-67)75-54(87)30-72-65(58)97/h9-12,14-17,28,32-39,46-48,57-58,70,80H,8,13,18-27,29-31,67-68H2,1-7H3,(H2,69,86)(H,71,92)(H,72,97)(H,73,91)(H,74,93)(H,75,87)(H,76,88)(H,77,94)(H,78,96)(H,79,95)(H,89,90). The number of esters is 1. The van der Waals surface area contributed by atoms with Gasteiger partial charge in [0.15, 0.2) is 23.1 Å². The van der Waals surface area contributed by atoms with Crippen LogP contribution in [0.1, 0.15) is 129 Å². The van der Waals surface area contributed by atoms with Crippen molar-refractivity contribution in [1.82, 2.24) is 52.8 Å². The fourth-order valence-corrected chi connectivity index (χ4v) is 10.7. The summed E-state index contributed by atoms with van der Waals surface area (Å²) in [6.45, 7) is 6.57. The highest BCUT2D eigenvalue weighted by molar-refractivity contribution is 6.04. The van der Waals surface area contributed by atoms with Crippen molar-refractivity contribution in [2.24, 2.45) is 41.1 Å². The molecule has 0 spiro atoms. The number of anilines is 1. The lowest BCUT2D eigenvalue weighted by Crippen LogP contribution is -2.57. The Morgan fingerprint density at radius 2 is 1.30 bits per heavy atom. The van der Waals surface area contributed by atoms with E-state index in [4.69, 9.17) is 21.9 Å². The summed E-state index contributed by atoms with van der Waals surface area (Å²) in [4.78, 5) is 236. The molecule has 2 heterocycles. The molecule has 1 fully saturated rings. The van der Waals surface area contributed by atoms with Gasteiger partial charge < -0.3 is 85.0 Å². The molecule has 0 radical (unpaired) electrons.